The van der Waals surface area contributed by atoms with Crippen molar-refractivity contribution in [3.05, 3.63) is 59.4 Å². The Morgan fingerprint density at radius 3 is 2.83 bits per heavy atom. The summed E-state index contributed by atoms with van der Waals surface area (Å²) in [4.78, 5) is 14.0. The zero-order chi connectivity index (χ0) is 16.2. The van der Waals surface area contributed by atoms with Crippen LogP contribution < -0.4 is 0 Å². The number of fused-ring (bicyclic) bond motifs is 1. The standard InChI is InChI=1S/C17H19N3O3/c21-12-16(22)15-10-14-11-19(8-9-20(14)18-15)17(23)7-6-13-4-2-1-3-5-13/h1-7,10,16,21-22H,8-9,11-12H2/b7-6+/t16-/m0/s1. The predicted octanol–water partition coefficient (Wildman–Crippen LogP) is 0.964. The van der Waals surface area contributed by atoms with Gasteiger partial charge in [0.25, 0.3) is 0 Å². The molecule has 0 aliphatic carbocycles. The van der Waals surface area contributed by atoms with E-state index in [-0.39, 0.29) is 12.5 Å². The summed E-state index contributed by atoms with van der Waals surface area (Å²) in [5.74, 6) is -0.0504. The van der Waals surface area contributed by atoms with Crippen LogP contribution >= 0.6 is 0 Å². The van der Waals surface area contributed by atoms with Crippen molar-refractivity contribution in [2.45, 2.75) is 19.2 Å². The maximum absolute atomic E-state index is 12.3. The molecule has 0 saturated carbocycles. The summed E-state index contributed by atoms with van der Waals surface area (Å²) in [7, 11) is 0. The fourth-order valence-corrected chi connectivity index (χ4v) is 2.57. The average molecular weight is 313 g/mol. The molecule has 6 heteroatoms. The Bertz CT molecular complexity index is 709. The first-order valence-electron chi connectivity index (χ1n) is 7.55. The number of aliphatic hydroxyl groups excluding tert-OH is 2. The highest BCUT2D eigenvalue weighted by Crippen LogP contribution is 2.18. The first kappa shape index (κ1) is 15.5. The predicted molar refractivity (Wildman–Crippen MR) is 85.2 cm³/mol. The minimum Gasteiger partial charge on any atom is -0.393 e. The second-order valence-electron chi connectivity index (χ2n) is 5.49. The fraction of sp³-hybridized carbons (Fsp3) is 0.294. The van der Waals surface area contributed by atoms with Crippen LogP contribution in [-0.4, -0.2) is 44.0 Å². The van der Waals surface area contributed by atoms with Gasteiger partial charge in [-0.05, 0) is 17.7 Å². The van der Waals surface area contributed by atoms with E-state index in [1.165, 1.54) is 0 Å². The molecule has 0 spiro atoms. The number of nitrogens with zero attached hydrogens (tertiary/aromatic N) is 3. The molecule has 2 aromatic rings. The molecule has 3 rings (SSSR count). The molecule has 1 atom stereocenters. The van der Waals surface area contributed by atoms with Crippen LogP contribution in [0.2, 0.25) is 0 Å². The topological polar surface area (TPSA) is 78.6 Å². The second kappa shape index (κ2) is 6.76. The van der Waals surface area contributed by atoms with Crippen molar-refractivity contribution < 1.29 is 15.0 Å². The highest BCUT2D eigenvalue weighted by atomic mass is 16.3. The fourth-order valence-electron chi connectivity index (χ4n) is 2.57. The SMILES string of the molecule is O=C(/C=C/c1ccccc1)N1CCn2nc([C@@H](O)CO)cc2C1. The maximum Gasteiger partial charge on any atom is 0.246 e. The minimum absolute atomic E-state index is 0.0504. The van der Waals surface area contributed by atoms with Crippen molar-refractivity contribution in [2.24, 2.45) is 0 Å². The van der Waals surface area contributed by atoms with E-state index in [0.717, 1.165) is 11.3 Å². The minimum atomic E-state index is -0.977. The molecule has 1 aliphatic heterocycles. The summed E-state index contributed by atoms with van der Waals surface area (Å²) in [6, 6.07) is 11.4. The van der Waals surface area contributed by atoms with Crippen LogP contribution in [0.15, 0.2) is 42.5 Å². The molecule has 0 radical (unpaired) electrons. The Kier molecular flexibility index (Phi) is 4.55. The molecule has 1 aromatic carbocycles. The van der Waals surface area contributed by atoms with Crippen molar-refractivity contribution >= 4 is 12.0 Å². The summed E-state index contributed by atoms with van der Waals surface area (Å²) in [5, 5.41) is 22.9. The van der Waals surface area contributed by atoms with E-state index in [0.29, 0.717) is 25.3 Å². The van der Waals surface area contributed by atoms with Crippen molar-refractivity contribution in [3.8, 4) is 0 Å². The van der Waals surface area contributed by atoms with Crippen LogP contribution in [0.25, 0.3) is 6.08 Å². The van der Waals surface area contributed by atoms with E-state index in [1.807, 2.05) is 30.3 Å². The lowest BCUT2D eigenvalue weighted by Crippen LogP contribution is -2.37. The summed E-state index contributed by atoms with van der Waals surface area (Å²) in [6.45, 7) is 1.24. The number of hydrogen-bond donors (Lipinski definition) is 2. The van der Waals surface area contributed by atoms with Gasteiger partial charge in [-0.25, -0.2) is 0 Å². The van der Waals surface area contributed by atoms with Gasteiger partial charge in [0, 0.05) is 12.6 Å². The van der Waals surface area contributed by atoms with Gasteiger partial charge in [-0.15, -0.1) is 0 Å². The Morgan fingerprint density at radius 1 is 1.30 bits per heavy atom. The van der Waals surface area contributed by atoms with Crippen LogP contribution in [-0.2, 0) is 17.9 Å². The molecule has 0 fully saturated rings. The molecule has 2 N–H and O–H groups in total. The van der Waals surface area contributed by atoms with Crippen molar-refractivity contribution in [1.29, 1.82) is 0 Å². The monoisotopic (exact) mass is 313 g/mol. The highest BCUT2D eigenvalue weighted by Gasteiger charge is 2.22. The molecule has 0 unspecified atom stereocenters. The Morgan fingerprint density at radius 2 is 2.09 bits per heavy atom. The lowest BCUT2D eigenvalue weighted by molar-refractivity contribution is -0.127. The zero-order valence-corrected chi connectivity index (χ0v) is 12.7. The van der Waals surface area contributed by atoms with Crippen molar-refractivity contribution in [1.82, 2.24) is 14.7 Å². The van der Waals surface area contributed by atoms with Crippen LogP contribution in [0.4, 0.5) is 0 Å². The number of carbonyl (C=O) groups is 1. The first-order chi connectivity index (χ1) is 11.2. The molecule has 120 valence electrons. The van der Waals surface area contributed by atoms with Gasteiger partial charge in [0.15, 0.2) is 0 Å². The third-order valence-corrected chi connectivity index (χ3v) is 3.86. The van der Waals surface area contributed by atoms with Gasteiger partial charge >= 0.3 is 0 Å². The largest absolute Gasteiger partial charge is 0.393 e. The van der Waals surface area contributed by atoms with Gasteiger partial charge in [0.2, 0.25) is 5.91 Å². The molecular formula is C17H19N3O3. The van der Waals surface area contributed by atoms with E-state index in [4.69, 9.17) is 5.11 Å². The first-order valence-corrected chi connectivity index (χ1v) is 7.55. The van der Waals surface area contributed by atoms with Gasteiger partial charge in [-0.2, -0.15) is 5.10 Å². The highest BCUT2D eigenvalue weighted by molar-refractivity contribution is 5.91. The number of carbonyl (C=O) groups excluding carboxylic acids is 1. The number of aliphatic hydroxyl groups is 2. The van der Waals surface area contributed by atoms with Crippen molar-refractivity contribution in [2.75, 3.05) is 13.2 Å². The van der Waals surface area contributed by atoms with Gasteiger partial charge in [-0.3, -0.25) is 9.48 Å². The van der Waals surface area contributed by atoms with Gasteiger partial charge in [-0.1, -0.05) is 30.3 Å². The maximum atomic E-state index is 12.3. The number of amides is 1. The number of hydrogen-bond acceptors (Lipinski definition) is 4. The Hall–Kier alpha value is -2.44. The zero-order valence-electron chi connectivity index (χ0n) is 12.7. The molecule has 23 heavy (non-hydrogen) atoms. The molecule has 1 aromatic heterocycles. The average Bonchev–Trinajstić information content (AvgIpc) is 3.03. The van der Waals surface area contributed by atoms with Crippen LogP contribution in [0, 0.1) is 0 Å². The number of rotatable bonds is 4. The van der Waals surface area contributed by atoms with E-state index in [9.17, 15) is 9.90 Å². The van der Waals surface area contributed by atoms with Crippen LogP contribution in [0.1, 0.15) is 23.1 Å². The molecule has 0 saturated heterocycles. The smallest absolute Gasteiger partial charge is 0.246 e. The van der Waals surface area contributed by atoms with Gasteiger partial charge in [0.1, 0.15) is 6.10 Å². The molecule has 2 heterocycles. The summed E-state index contributed by atoms with van der Waals surface area (Å²) in [5.41, 5.74) is 2.29. The van der Waals surface area contributed by atoms with Gasteiger partial charge < -0.3 is 15.1 Å². The normalized spacial score (nSPS) is 15.7. The van der Waals surface area contributed by atoms with Crippen LogP contribution in [0.3, 0.4) is 0 Å². The van der Waals surface area contributed by atoms with Gasteiger partial charge in [0.05, 0.1) is 31.1 Å². The molecule has 0 bridgehead atoms. The molecule has 1 amide bonds. The van der Waals surface area contributed by atoms with E-state index < -0.39 is 6.10 Å². The van der Waals surface area contributed by atoms with Crippen LogP contribution in [0.5, 0.6) is 0 Å². The second-order valence-corrected chi connectivity index (χ2v) is 5.49. The van der Waals surface area contributed by atoms with E-state index in [1.54, 1.807) is 27.8 Å². The molecule has 6 nitrogen and oxygen atoms in total. The summed E-state index contributed by atoms with van der Waals surface area (Å²) in [6.07, 6.45) is 2.40. The Balaban J connectivity index is 1.68. The summed E-state index contributed by atoms with van der Waals surface area (Å²) >= 11 is 0. The number of benzene rings is 1. The lowest BCUT2D eigenvalue weighted by atomic mass is 10.2. The quantitative estimate of drug-likeness (QED) is 0.824. The van der Waals surface area contributed by atoms with E-state index >= 15 is 0 Å². The third kappa shape index (κ3) is 3.49. The van der Waals surface area contributed by atoms with Crippen molar-refractivity contribution in [3.63, 3.8) is 0 Å². The third-order valence-electron chi connectivity index (χ3n) is 3.86. The molecular weight excluding hydrogens is 294 g/mol. The van der Waals surface area contributed by atoms with E-state index in [2.05, 4.69) is 5.10 Å². The molecule has 1 aliphatic rings. The lowest BCUT2D eigenvalue weighted by Gasteiger charge is -2.26. The Labute approximate surface area is 134 Å². The number of aromatic nitrogens is 2. The summed E-state index contributed by atoms with van der Waals surface area (Å²) < 4.78 is 1.78.